The van der Waals surface area contributed by atoms with E-state index >= 15 is 0 Å². The molecule has 1 saturated heterocycles. The summed E-state index contributed by atoms with van der Waals surface area (Å²) in [5.74, 6) is 0. The lowest BCUT2D eigenvalue weighted by atomic mass is 9.93. The first kappa shape index (κ1) is 13.5. The van der Waals surface area contributed by atoms with Crippen molar-refractivity contribution in [3.8, 4) is 0 Å². The number of ether oxygens (including phenoxy) is 1. The molecule has 0 radical (unpaired) electrons. The molecule has 1 N–H and O–H groups in total. The molecule has 3 nitrogen and oxygen atoms in total. The Morgan fingerprint density at radius 3 is 2.89 bits per heavy atom. The lowest BCUT2D eigenvalue weighted by molar-refractivity contribution is -0.0608. The molecule has 1 aliphatic heterocycles. The van der Waals surface area contributed by atoms with Gasteiger partial charge in [0.2, 0.25) is 0 Å². The topological polar surface area (TPSA) is 24.5 Å². The summed E-state index contributed by atoms with van der Waals surface area (Å²) in [5, 5.41) is 3.24. The van der Waals surface area contributed by atoms with Crippen LogP contribution in [0.5, 0.6) is 0 Å². The Morgan fingerprint density at radius 1 is 1.39 bits per heavy atom. The lowest BCUT2D eigenvalue weighted by Gasteiger charge is -2.40. The number of nitrogens with one attached hydrogen (secondary N) is 1. The van der Waals surface area contributed by atoms with E-state index in [0.29, 0.717) is 6.04 Å². The number of morpholine rings is 1. The Labute approximate surface area is 110 Å². The molecule has 100 valence electrons. The van der Waals surface area contributed by atoms with Crippen molar-refractivity contribution in [3.63, 3.8) is 0 Å². The van der Waals surface area contributed by atoms with Gasteiger partial charge in [0.1, 0.15) is 0 Å². The summed E-state index contributed by atoms with van der Waals surface area (Å²) >= 11 is 0. The van der Waals surface area contributed by atoms with Crippen molar-refractivity contribution >= 4 is 0 Å². The number of nitrogens with zero attached hydrogens (tertiary/aromatic N) is 1. The summed E-state index contributed by atoms with van der Waals surface area (Å²) in [6, 6.07) is 9.10. The van der Waals surface area contributed by atoms with Crippen LogP contribution < -0.4 is 5.32 Å². The predicted octanol–water partition coefficient (Wildman–Crippen LogP) is 1.84. The Kier molecular flexibility index (Phi) is 4.75. The van der Waals surface area contributed by atoms with Crippen LogP contribution in [0.2, 0.25) is 0 Å². The van der Waals surface area contributed by atoms with Gasteiger partial charge in [-0.15, -0.1) is 0 Å². The van der Waals surface area contributed by atoms with Crippen molar-refractivity contribution in [1.82, 2.24) is 10.2 Å². The number of hydrogen-bond acceptors (Lipinski definition) is 3. The van der Waals surface area contributed by atoms with Gasteiger partial charge >= 0.3 is 0 Å². The normalized spacial score (nSPS) is 25.3. The maximum absolute atomic E-state index is 5.95. The summed E-state index contributed by atoms with van der Waals surface area (Å²) in [4.78, 5) is 2.42. The van der Waals surface area contributed by atoms with Gasteiger partial charge in [0.05, 0.1) is 18.8 Å². The molecule has 1 aliphatic rings. The molecule has 0 spiro atoms. The molecule has 1 aromatic rings. The van der Waals surface area contributed by atoms with Gasteiger partial charge in [0.25, 0.3) is 0 Å². The van der Waals surface area contributed by atoms with Crippen LogP contribution in [0, 0.1) is 0 Å². The molecule has 1 fully saturated rings. The van der Waals surface area contributed by atoms with E-state index in [9.17, 15) is 0 Å². The van der Waals surface area contributed by atoms with Crippen LogP contribution in [0.1, 0.15) is 24.1 Å². The second-order valence-electron chi connectivity index (χ2n) is 4.94. The molecule has 0 aliphatic carbocycles. The first-order valence-corrected chi connectivity index (χ1v) is 6.82. The summed E-state index contributed by atoms with van der Waals surface area (Å²) in [5.41, 5.74) is 2.85. The maximum Gasteiger partial charge on any atom is 0.0896 e. The van der Waals surface area contributed by atoms with Crippen LogP contribution in [-0.2, 0) is 11.2 Å². The fourth-order valence-electron chi connectivity index (χ4n) is 2.82. The third-order valence-electron chi connectivity index (χ3n) is 3.76. The van der Waals surface area contributed by atoms with E-state index in [4.69, 9.17) is 4.74 Å². The molecule has 0 saturated carbocycles. The number of rotatable bonds is 4. The highest BCUT2D eigenvalue weighted by molar-refractivity contribution is 5.31. The highest BCUT2D eigenvalue weighted by Crippen LogP contribution is 2.30. The van der Waals surface area contributed by atoms with Gasteiger partial charge in [-0.05, 0) is 31.6 Å². The van der Waals surface area contributed by atoms with Crippen molar-refractivity contribution < 1.29 is 4.74 Å². The number of benzene rings is 1. The van der Waals surface area contributed by atoms with E-state index in [1.165, 1.54) is 11.1 Å². The Morgan fingerprint density at radius 2 is 2.17 bits per heavy atom. The molecule has 2 rings (SSSR count). The average Bonchev–Trinajstić information content (AvgIpc) is 2.39. The number of hydrogen-bond donors (Lipinski definition) is 1. The largest absolute Gasteiger partial charge is 0.374 e. The Hall–Kier alpha value is -0.900. The summed E-state index contributed by atoms with van der Waals surface area (Å²) in [7, 11) is 4.18. The summed E-state index contributed by atoms with van der Waals surface area (Å²) in [6.07, 6.45) is 1.31. The molecule has 0 aromatic heterocycles. The van der Waals surface area contributed by atoms with Gasteiger partial charge in [0, 0.05) is 13.1 Å². The van der Waals surface area contributed by atoms with Crippen LogP contribution >= 0.6 is 0 Å². The zero-order valence-corrected chi connectivity index (χ0v) is 11.6. The van der Waals surface area contributed by atoms with Gasteiger partial charge in [-0.25, -0.2) is 0 Å². The van der Waals surface area contributed by atoms with Gasteiger partial charge < -0.3 is 10.1 Å². The first-order valence-electron chi connectivity index (χ1n) is 6.82. The van der Waals surface area contributed by atoms with Gasteiger partial charge in [-0.2, -0.15) is 0 Å². The smallest absolute Gasteiger partial charge is 0.0896 e. The van der Waals surface area contributed by atoms with Gasteiger partial charge in [-0.3, -0.25) is 4.90 Å². The molecular weight excluding hydrogens is 224 g/mol. The van der Waals surface area contributed by atoms with Crippen LogP contribution in [0.25, 0.3) is 0 Å². The molecule has 2 unspecified atom stereocenters. The average molecular weight is 248 g/mol. The van der Waals surface area contributed by atoms with Crippen molar-refractivity contribution in [2.24, 2.45) is 0 Å². The Bertz CT molecular complexity index is 379. The summed E-state index contributed by atoms with van der Waals surface area (Å²) < 4.78 is 5.95. The number of likely N-dealkylation sites (N-methyl/N-ethyl adjacent to an activating group) is 2. The number of aryl methyl sites for hydroxylation is 1. The quantitative estimate of drug-likeness (QED) is 0.880. The van der Waals surface area contributed by atoms with E-state index in [-0.39, 0.29) is 6.10 Å². The van der Waals surface area contributed by atoms with Gasteiger partial charge in [-0.1, -0.05) is 31.2 Å². The van der Waals surface area contributed by atoms with Crippen molar-refractivity contribution in [3.05, 3.63) is 35.4 Å². The third kappa shape index (κ3) is 2.74. The zero-order chi connectivity index (χ0) is 13.0. The second kappa shape index (κ2) is 6.32. The molecule has 18 heavy (non-hydrogen) atoms. The molecular formula is C15H24N2O. The highest BCUT2D eigenvalue weighted by atomic mass is 16.5. The second-order valence-corrected chi connectivity index (χ2v) is 4.94. The van der Waals surface area contributed by atoms with Crippen LogP contribution in [0.4, 0.5) is 0 Å². The summed E-state index contributed by atoms with van der Waals surface area (Å²) in [6.45, 7) is 4.94. The maximum atomic E-state index is 5.95. The van der Waals surface area contributed by atoms with Crippen LogP contribution in [0.3, 0.4) is 0 Å². The van der Waals surface area contributed by atoms with E-state index in [1.807, 2.05) is 7.05 Å². The van der Waals surface area contributed by atoms with Crippen molar-refractivity contribution in [2.45, 2.75) is 25.5 Å². The van der Waals surface area contributed by atoms with E-state index in [2.05, 4.69) is 48.5 Å². The molecule has 1 aromatic carbocycles. The molecule has 1 heterocycles. The predicted molar refractivity (Wildman–Crippen MR) is 74.9 cm³/mol. The molecule has 0 amide bonds. The lowest BCUT2D eigenvalue weighted by Crippen LogP contribution is -2.47. The fraction of sp³-hybridized carbons (Fsp3) is 0.600. The Balaban J connectivity index is 2.31. The van der Waals surface area contributed by atoms with Crippen LogP contribution in [-0.4, -0.2) is 44.8 Å². The van der Waals surface area contributed by atoms with E-state index in [0.717, 1.165) is 26.1 Å². The molecule has 3 heteroatoms. The first-order chi connectivity index (χ1) is 8.77. The minimum atomic E-state index is 0.237. The third-order valence-corrected chi connectivity index (χ3v) is 3.76. The zero-order valence-electron chi connectivity index (χ0n) is 11.6. The van der Waals surface area contributed by atoms with E-state index in [1.54, 1.807) is 0 Å². The highest BCUT2D eigenvalue weighted by Gasteiger charge is 2.31. The van der Waals surface area contributed by atoms with Crippen molar-refractivity contribution in [2.75, 3.05) is 33.8 Å². The van der Waals surface area contributed by atoms with Crippen LogP contribution in [0.15, 0.2) is 24.3 Å². The SMILES string of the molecule is CCc1ccccc1C1C(CNC)OCCN1C. The minimum Gasteiger partial charge on any atom is -0.374 e. The minimum absolute atomic E-state index is 0.237. The standard InChI is InChI=1S/C15H24N2O/c1-4-12-7-5-6-8-13(12)15-14(11-16-2)18-10-9-17(15)3/h5-8,14-16H,4,9-11H2,1-3H3. The van der Waals surface area contributed by atoms with E-state index < -0.39 is 0 Å². The van der Waals surface area contributed by atoms with Gasteiger partial charge in [0.15, 0.2) is 0 Å². The molecule has 2 atom stereocenters. The van der Waals surface area contributed by atoms with Crippen molar-refractivity contribution in [1.29, 1.82) is 0 Å². The molecule has 0 bridgehead atoms. The monoisotopic (exact) mass is 248 g/mol. The fourth-order valence-corrected chi connectivity index (χ4v) is 2.82.